The third-order valence-electron chi connectivity index (χ3n) is 2.17. The number of carbonyl (C=O) groups is 1. The first-order valence-electron chi connectivity index (χ1n) is 4.98. The normalized spacial score (nSPS) is 10.2. The van der Waals surface area contributed by atoms with Crippen LogP contribution in [0.2, 0.25) is 4.34 Å². The quantitative estimate of drug-likeness (QED) is 0.694. The lowest BCUT2D eigenvalue weighted by atomic mass is 10.3. The van der Waals surface area contributed by atoms with Crippen LogP contribution >= 0.6 is 22.9 Å². The molecule has 1 aromatic carbocycles. The molecule has 0 saturated carbocycles. The highest BCUT2D eigenvalue weighted by molar-refractivity contribution is 7.18. The topological polar surface area (TPSA) is 72.2 Å². The second-order valence-corrected chi connectivity index (χ2v) is 5.15. The van der Waals surface area contributed by atoms with E-state index < -0.39 is 16.6 Å². The van der Waals surface area contributed by atoms with Gasteiger partial charge in [-0.2, -0.15) is 0 Å². The Morgan fingerprint density at radius 3 is 2.74 bits per heavy atom. The van der Waals surface area contributed by atoms with Gasteiger partial charge in [-0.25, -0.2) is 4.39 Å². The minimum Gasteiger partial charge on any atom is -0.321 e. The molecule has 0 spiro atoms. The maximum atomic E-state index is 12.9. The van der Waals surface area contributed by atoms with E-state index in [1.54, 1.807) is 0 Å². The Balaban J connectivity index is 2.21. The van der Waals surface area contributed by atoms with Gasteiger partial charge in [0.05, 0.1) is 4.92 Å². The molecule has 0 atom stereocenters. The predicted molar refractivity (Wildman–Crippen MR) is 70.3 cm³/mol. The number of nitro groups is 1. The van der Waals surface area contributed by atoms with E-state index in [0.29, 0.717) is 0 Å². The van der Waals surface area contributed by atoms with E-state index >= 15 is 0 Å². The number of amides is 1. The van der Waals surface area contributed by atoms with Crippen molar-refractivity contribution in [1.29, 1.82) is 0 Å². The standard InChI is InChI=1S/C11H6ClFN2O3S/c12-10-8(15(17)18)5-9(19-10)11(16)14-7-3-1-2-6(13)4-7/h1-5H,(H,14,16). The average molecular weight is 301 g/mol. The first kappa shape index (κ1) is 13.4. The molecule has 98 valence electrons. The number of hydrogen-bond acceptors (Lipinski definition) is 4. The average Bonchev–Trinajstić information content (AvgIpc) is 2.71. The molecule has 1 aromatic heterocycles. The van der Waals surface area contributed by atoms with Crippen LogP contribution in [-0.4, -0.2) is 10.8 Å². The largest absolute Gasteiger partial charge is 0.321 e. The molecule has 0 aliphatic carbocycles. The smallest absolute Gasteiger partial charge is 0.299 e. The maximum Gasteiger partial charge on any atom is 0.299 e. The molecule has 8 heteroatoms. The first-order valence-corrected chi connectivity index (χ1v) is 6.17. The van der Waals surface area contributed by atoms with Gasteiger partial charge in [-0.3, -0.25) is 14.9 Å². The Kier molecular flexibility index (Phi) is 3.77. The number of rotatable bonds is 3. The molecule has 2 rings (SSSR count). The van der Waals surface area contributed by atoms with Crippen LogP contribution in [0.15, 0.2) is 30.3 Å². The van der Waals surface area contributed by atoms with Crippen molar-refractivity contribution < 1.29 is 14.1 Å². The van der Waals surface area contributed by atoms with E-state index in [4.69, 9.17) is 11.6 Å². The van der Waals surface area contributed by atoms with Crippen molar-refractivity contribution in [2.24, 2.45) is 0 Å². The molecule has 1 heterocycles. The Bertz CT molecular complexity index is 659. The maximum absolute atomic E-state index is 12.9. The van der Waals surface area contributed by atoms with E-state index in [0.717, 1.165) is 23.5 Å². The van der Waals surface area contributed by atoms with Crippen molar-refractivity contribution in [1.82, 2.24) is 0 Å². The van der Waals surface area contributed by atoms with E-state index in [-0.39, 0.29) is 20.6 Å². The zero-order valence-electron chi connectivity index (χ0n) is 9.22. The number of anilines is 1. The third-order valence-corrected chi connectivity index (χ3v) is 3.51. The number of benzene rings is 1. The number of nitrogens with zero attached hydrogens (tertiary/aromatic N) is 1. The number of thiophene rings is 1. The second-order valence-electron chi connectivity index (χ2n) is 3.49. The molecule has 0 radical (unpaired) electrons. The molecule has 19 heavy (non-hydrogen) atoms. The molecule has 1 amide bonds. The van der Waals surface area contributed by atoms with E-state index in [9.17, 15) is 19.3 Å². The number of carbonyl (C=O) groups excluding carboxylic acids is 1. The monoisotopic (exact) mass is 300 g/mol. The van der Waals surface area contributed by atoms with Crippen molar-refractivity contribution in [2.75, 3.05) is 5.32 Å². The summed E-state index contributed by atoms with van der Waals surface area (Å²) in [5, 5.41) is 13.0. The number of nitrogens with one attached hydrogen (secondary N) is 1. The minimum atomic E-state index is -0.669. The molecule has 0 saturated heterocycles. The summed E-state index contributed by atoms with van der Waals surface area (Å²) in [7, 11) is 0. The summed E-state index contributed by atoms with van der Waals surface area (Å²) in [6, 6.07) is 6.41. The Morgan fingerprint density at radius 1 is 1.42 bits per heavy atom. The van der Waals surface area contributed by atoms with Gasteiger partial charge in [-0.05, 0) is 18.2 Å². The summed E-state index contributed by atoms with van der Waals surface area (Å²) >= 11 is 6.44. The summed E-state index contributed by atoms with van der Waals surface area (Å²) in [6.45, 7) is 0. The number of halogens is 2. The highest BCUT2D eigenvalue weighted by Crippen LogP contribution is 2.34. The van der Waals surface area contributed by atoms with E-state index in [2.05, 4.69) is 5.32 Å². The van der Waals surface area contributed by atoms with Crippen molar-refractivity contribution >= 4 is 40.2 Å². The molecule has 0 unspecified atom stereocenters. The molecule has 0 bridgehead atoms. The van der Waals surface area contributed by atoms with Crippen LogP contribution in [0.3, 0.4) is 0 Å². The van der Waals surface area contributed by atoms with Crippen LogP contribution in [-0.2, 0) is 0 Å². The lowest BCUT2D eigenvalue weighted by Crippen LogP contribution is -2.10. The van der Waals surface area contributed by atoms with Gasteiger partial charge in [0.15, 0.2) is 4.34 Å². The van der Waals surface area contributed by atoms with E-state index in [1.807, 2.05) is 0 Å². The van der Waals surface area contributed by atoms with Crippen LogP contribution < -0.4 is 5.32 Å². The first-order chi connectivity index (χ1) is 8.97. The van der Waals surface area contributed by atoms with Crippen molar-refractivity contribution in [2.45, 2.75) is 0 Å². The Hall–Kier alpha value is -1.99. The van der Waals surface area contributed by atoms with Crippen molar-refractivity contribution in [3.05, 3.63) is 55.5 Å². The van der Waals surface area contributed by atoms with Gasteiger partial charge in [-0.15, -0.1) is 11.3 Å². The summed E-state index contributed by atoms with van der Waals surface area (Å²) < 4.78 is 12.9. The fourth-order valence-electron chi connectivity index (χ4n) is 1.35. The summed E-state index contributed by atoms with van der Waals surface area (Å²) in [5.41, 5.74) is -0.0618. The van der Waals surface area contributed by atoms with Crippen LogP contribution in [0.25, 0.3) is 0 Å². The van der Waals surface area contributed by atoms with Gasteiger partial charge in [0.2, 0.25) is 0 Å². The predicted octanol–water partition coefficient (Wildman–Crippen LogP) is 3.70. The molecule has 2 aromatic rings. The highest BCUT2D eigenvalue weighted by atomic mass is 35.5. The Labute approximate surface area is 115 Å². The van der Waals surface area contributed by atoms with Crippen LogP contribution in [0.5, 0.6) is 0 Å². The van der Waals surface area contributed by atoms with Gasteiger partial charge in [0.25, 0.3) is 11.6 Å². The molecule has 0 fully saturated rings. The highest BCUT2D eigenvalue weighted by Gasteiger charge is 2.21. The fraction of sp³-hybridized carbons (Fsp3) is 0. The zero-order valence-corrected chi connectivity index (χ0v) is 10.8. The molecule has 5 nitrogen and oxygen atoms in total. The summed E-state index contributed by atoms with van der Waals surface area (Å²) in [6.07, 6.45) is 0. The van der Waals surface area contributed by atoms with Crippen LogP contribution in [0.4, 0.5) is 15.8 Å². The zero-order chi connectivity index (χ0) is 14.0. The molecular formula is C11H6ClFN2O3S. The van der Waals surface area contributed by atoms with E-state index in [1.165, 1.54) is 18.2 Å². The lowest BCUT2D eigenvalue weighted by molar-refractivity contribution is -0.384. The number of hydrogen-bond donors (Lipinski definition) is 1. The van der Waals surface area contributed by atoms with Gasteiger partial charge in [-0.1, -0.05) is 17.7 Å². The third kappa shape index (κ3) is 3.07. The van der Waals surface area contributed by atoms with Crippen LogP contribution in [0.1, 0.15) is 9.67 Å². The van der Waals surface area contributed by atoms with Gasteiger partial charge >= 0.3 is 0 Å². The SMILES string of the molecule is O=C(Nc1cccc(F)c1)c1cc([N+](=O)[O-])c(Cl)s1. The van der Waals surface area contributed by atoms with Crippen molar-refractivity contribution in [3.8, 4) is 0 Å². The van der Waals surface area contributed by atoms with Gasteiger partial charge < -0.3 is 5.32 Å². The molecule has 1 N–H and O–H groups in total. The summed E-state index contributed by atoms with van der Waals surface area (Å²) in [4.78, 5) is 21.8. The molecule has 0 aliphatic heterocycles. The second kappa shape index (κ2) is 5.33. The summed E-state index contributed by atoms with van der Waals surface area (Å²) in [5.74, 6) is -1.07. The van der Waals surface area contributed by atoms with Crippen molar-refractivity contribution in [3.63, 3.8) is 0 Å². The Morgan fingerprint density at radius 2 is 2.16 bits per heavy atom. The molecule has 0 aliphatic rings. The van der Waals surface area contributed by atoms with Crippen LogP contribution in [0, 0.1) is 15.9 Å². The van der Waals surface area contributed by atoms with Gasteiger partial charge in [0.1, 0.15) is 10.7 Å². The lowest BCUT2D eigenvalue weighted by Gasteiger charge is -2.02. The fourth-order valence-corrected chi connectivity index (χ4v) is 2.47. The molecular weight excluding hydrogens is 295 g/mol. The van der Waals surface area contributed by atoms with Gasteiger partial charge in [0, 0.05) is 11.8 Å². The minimum absolute atomic E-state index is 0.0746.